The zero-order chi connectivity index (χ0) is 15.0. The molecular formula is C14H16N6O. The summed E-state index contributed by atoms with van der Waals surface area (Å²) < 4.78 is 1.44. The molecular weight excluding hydrogens is 268 g/mol. The number of nitrogens with one attached hydrogen (secondary N) is 1. The molecule has 3 rings (SSSR count). The highest BCUT2D eigenvalue weighted by molar-refractivity contribution is 5.51. The van der Waals surface area contributed by atoms with Crippen molar-refractivity contribution in [2.75, 3.05) is 17.7 Å². The number of anilines is 2. The van der Waals surface area contributed by atoms with Crippen LogP contribution in [0.15, 0.2) is 35.1 Å². The molecule has 0 atom stereocenters. The van der Waals surface area contributed by atoms with E-state index in [-0.39, 0.29) is 5.69 Å². The summed E-state index contributed by atoms with van der Waals surface area (Å²) in [7, 11) is 1.94. The molecule has 0 amide bonds. The van der Waals surface area contributed by atoms with Gasteiger partial charge in [0, 0.05) is 25.3 Å². The van der Waals surface area contributed by atoms with Crippen LogP contribution in [0.25, 0.3) is 5.65 Å². The van der Waals surface area contributed by atoms with E-state index in [1.165, 1.54) is 4.40 Å². The van der Waals surface area contributed by atoms with E-state index in [2.05, 4.69) is 15.2 Å². The number of fused-ring (bicyclic) bond motifs is 1. The van der Waals surface area contributed by atoms with Gasteiger partial charge in [0.05, 0.1) is 0 Å². The number of nitrogen functional groups attached to an aromatic ring is 1. The Bertz CT molecular complexity index is 850. The highest BCUT2D eigenvalue weighted by Crippen LogP contribution is 2.16. The van der Waals surface area contributed by atoms with Gasteiger partial charge in [-0.05, 0) is 24.6 Å². The molecule has 0 radical (unpaired) electrons. The fraction of sp³-hybridized carbons (Fsp3) is 0.214. The first-order valence-electron chi connectivity index (χ1n) is 6.55. The molecule has 0 saturated heterocycles. The third-order valence-corrected chi connectivity index (χ3v) is 3.32. The van der Waals surface area contributed by atoms with E-state index in [0.29, 0.717) is 18.0 Å². The molecule has 0 aliphatic carbocycles. The first-order chi connectivity index (χ1) is 10.0. The normalized spacial score (nSPS) is 11.0. The molecule has 0 bridgehead atoms. The van der Waals surface area contributed by atoms with Gasteiger partial charge in [0.1, 0.15) is 11.6 Å². The topological polar surface area (TPSA) is 92.3 Å². The average molecular weight is 284 g/mol. The third-order valence-electron chi connectivity index (χ3n) is 3.32. The monoisotopic (exact) mass is 284 g/mol. The minimum Gasteiger partial charge on any atom is -0.399 e. The van der Waals surface area contributed by atoms with Crippen LogP contribution in [0.4, 0.5) is 11.5 Å². The second-order valence-electron chi connectivity index (χ2n) is 4.99. The number of benzene rings is 1. The predicted octanol–water partition coefficient (Wildman–Crippen LogP) is 0.945. The average Bonchev–Trinajstić information content (AvgIpc) is 2.81. The quantitative estimate of drug-likeness (QED) is 0.698. The molecule has 3 aromatic rings. The van der Waals surface area contributed by atoms with Crippen molar-refractivity contribution < 1.29 is 0 Å². The van der Waals surface area contributed by atoms with Crippen molar-refractivity contribution in [2.24, 2.45) is 0 Å². The number of aryl methyl sites for hydroxylation is 1. The molecule has 1 aromatic carbocycles. The summed E-state index contributed by atoms with van der Waals surface area (Å²) in [5.74, 6) is 1.35. The molecule has 108 valence electrons. The van der Waals surface area contributed by atoms with E-state index in [9.17, 15) is 4.79 Å². The molecule has 0 fully saturated rings. The van der Waals surface area contributed by atoms with Crippen LogP contribution in [0.5, 0.6) is 0 Å². The maximum Gasteiger partial charge on any atom is 0.349 e. The van der Waals surface area contributed by atoms with Crippen LogP contribution >= 0.6 is 0 Å². The Morgan fingerprint density at radius 3 is 2.95 bits per heavy atom. The standard InChI is InChI=1S/C14H16N6O/c1-9-16-12(7-13-17-18-14(21)20(9)13)19(2)8-10-4-3-5-11(15)6-10/h3-7H,8,15H2,1-2H3,(H,18,21). The molecule has 7 heteroatoms. The maximum absolute atomic E-state index is 11.6. The van der Waals surface area contributed by atoms with E-state index < -0.39 is 0 Å². The van der Waals surface area contributed by atoms with Crippen LogP contribution in [0.1, 0.15) is 11.4 Å². The molecule has 21 heavy (non-hydrogen) atoms. The van der Waals surface area contributed by atoms with Crippen LogP contribution in [-0.4, -0.2) is 26.6 Å². The number of aromatic nitrogens is 4. The summed E-state index contributed by atoms with van der Waals surface area (Å²) in [4.78, 5) is 18.0. The number of H-pyrrole nitrogens is 1. The second kappa shape index (κ2) is 4.93. The van der Waals surface area contributed by atoms with Gasteiger partial charge in [0.15, 0.2) is 5.65 Å². The van der Waals surface area contributed by atoms with Crippen molar-refractivity contribution in [1.82, 2.24) is 19.6 Å². The highest BCUT2D eigenvalue weighted by atomic mass is 16.1. The van der Waals surface area contributed by atoms with Crippen molar-refractivity contribution in [2.45, 2.75) is 13.5 Å². The van der Waals surface area contributed by atoms with Gasteiger partial charge < -0.3 is 10.6 Å². The van der Waals surface area contributed by atoms with E-state index >= 15 is 0 Å². The van der Waals surface area contributed by atoms with E-state index in [4.69, 9.17) is 5.73 Å². The van der Waals surface area contributed by atoms with Crippen LogP contribution < -0.4 is 16.3 Å². The number of rotatable bonds is 3. The molecule has 7 nitrogen and oxygen atoms in total. The van der Waals surface area contributed by atoms with Gasteiger partial charge in [-0.15, -0.1) is 0 Å². The SMILES string of the molecule is Cc1nc(N(C)Cc2cccc(N)c2)cc2n[nH]c(=O)n12. The summed E-state index contributed by atoms with van der Waals surface area (Å²) >= 11 is 0. The Morgan fingerprint density at radius 1 is 1.38 bits per heavy atom. The molecule has 2 aromatic heterocycles. The number of nitrogens with two attached hydrogens (primary N) is 1. The Labute approximate surface area is 121 Å². The van der Waals surface area contributed by atoms with Crippen molar-refractivity contribution in [3.05, 3.63) is 52.2 Å². The molecule has 0 saturated carbocycles. The first-order valence-corrected chi connectivity index (χ1v) is 6.55. The van der Waals surface area contributed by atoms with E-state index in [0.717, 1.165) is 17.1 Å². The van der Waals surface area contributed by atoms with Crippen LogP contribution in [0, 0.1) is 6.92 Å². The Kier molecular flexibility index (Phi) is 3.09. The molecule has 0 aliphatic heterocycles. The minimum absolute atomic E-state index is 0.278. The highest BCUT2D eigenvalue weighted by Gasteiger charge is 2.10. The van der Waals surface area contributed by atoms with Gasteiger partial charge in [-0.25, -0.2) is 19.3 Å². The summed E-state index contributed by atoms with van der Waals surface area (Å²) in [5, 5.41) is 6.41. The number of hydrogen-bond acceptors (Lipinski definition) is 5. The Morgan fingerprint density at radius 2 is 2.19 bits per heavy atom. The van der Waals surface area contributed by atoms with Crippen LogP contribution in [0.3, 0.4) is 0 Å². The van der Waals surface area contributed by atoms with E-state index in [1.54, 1.807) is 13.0 Å². The maximum atomic E-state index is 11.6. The fourth-order valence-electron chi connectivity index (χ4n) is 2.32. The first kappa shape index (κ1) is 13.2. The van der Waals surface area contributed by atoms with Crippen molar-refractivity contribution in [1.29, 1.82) is 0 Å². The number of aromatic amines is 1. The molecule has 0 spiro atoms. The molecule has 0 unspecified atom stereocenters. The van der Waals surface area contributed by atoms with Gasteiger partial charge in [0.2, 0.25) is 0 Å². The van der Waals surface area contributed by atoms with Crippen molar-refractivity contribution in [3.8, 4) is 0 Å². The summed E-state index contributed by atoms with van der Waals surface area (Å²) in [6, 6.07) is 9.50. The smallest absolute Gasteiger partial charge is 0.349 e. The lowest BCUT2D eigenvalue weighted by Gasteiger charge is -2.19. The van der Waals surface area contributed by atoms with Crippen molar-refractivity contribution in [3.63, 3.8) is 0 Å². The molecule has 3 N–H and O–H groups in total. The minimum atomic E-state index is -0.278. The lowest BCUT2D eigenvalue weighted by molar-refractivity contribution is 0.863. The molecule has 0 aliphatic rings. The van der Waals surface area contributed by atoms with Gasteiger partial charge in [-0.1, -0.05) is 12.1 Å². The number of hydrogen-bond donors (Lipinski definition) is 2. The predicted molar refractivity (Wildman–Crippen MR) is 81.3 cm³/mol. The van der Waals surface area contributed by atoms with Gasteiger partial charge in [-0.2, -0.15) is 5.10 Å². The molecule has 2 heterocycles. The lowest BCUT2D eigenvalue weighted by atomic mass is 10.2. The summed E-state index contributed by atoms with van der Waals surface area (Å²) in [6.45, 7) is 2.45. The summed E-state index contributed by atoms with van der Waals surface area (Å²) in [6.07, 6.45) is 0. The van der Waals surface area contributed by atoms with Crippen molar-refractivity contribution >= 4 is 17.2 Å². The van der Waals surface area contributed by atoms with Gasteiger partial charge in [-0.3, -0.25) is 0 Å². The van der Waals surface area contributed by atoms with Crippen LogP contribution in [0.2, 0.25) is 0 Å². The number of nitrogens with zero attached hydrogens (tertiary/aromatic N) is 4. The summed E-state index contributed by atoms with van der Waals surface area (Å²) in [5.41, 5.74) is 7.90. The van der Waals surface area contributed by atoms with Gasteiger partial charge >= 0.3 is 5.69 Å². The van der Waals surface area contributed by atoms with Gasteiger partial charge in [0.25, 0.3) is 0 Å². The van der Waals surface area contributed by atoms with E-state index in [1.807, 2.05) is 36.2 Å². The fourth-order valence-corrected chi connectivity index (χ4v) is 2.32. The zero-order valence-corrected chi connectivity index (χ0v) is 11.9. The lowest BCUT2D eigenvalue weighted by Crippen LogP contribution is -2.20. The second-order valence-corrected chi connectivity index (χ2v) is 4.99. The Hall–Kier alpha value is -2.83. The zero-order valence-electron chi connectivity index (χ0n) is 11.9. The Balaban J connectivity index is 1.94. The third kappa shape index (κ3) is 2.45. The largest absolute Gasteiger partial charge is 0.399 e. The van der Waals surface area contributed by atoms with Crippen LogP contribution in [-0.2, 0) is 6.54 Å².